The van der Waals surface area contributed by atoms with Gasteiger partial charge in [0.25, 0.3) is 15.1 Å². The van der Waals surface area contributed by atoms with E-state index in [2.05, 4.69) is 19.7 Å². The zero-order valence-electron chi connectivity index (χ0n) is 15.9. The van der Waals surface area contributed by atoms with Gasteiger partial charge in [0, 0.05) is 12.1 Å². The fraction of sp³-hybridized carbons (Fsp3) is 0.353. The molecule has 13 nitrogen and oxygen atoms in total. The van der Waals surface area contributed by atoms with E-state index in [1.54, 1.807) is 12.1 Å². The van der Waals surface area contributed by atoms with Gasteiger partial charge < -0.3 is 30.9 Å². The maximum absolute atomic E-state index is 13.5. The number of nitrogens with one attached hydrogen (secondary N) is 1. The molecule has 4 atom stereocenters. The van der Waals surface area contributed by atoms with Crippen LogP contribution in [-0.4, -0.2) is 73.3 Å². The monoisotopic (exact) mass is 452 g/mol. The number of hydrogen-bond acceptors (Lipinski definition) is 11. The van der Waals surface area contributed by atoms with Crippen LogP contribution in [0.25, 0.3) is 11.2 Å². The van der Waals surface area contributed by atoms with Crippen molar-refractivity contribution >= 4 is 27.0 Å². The summed E-state index contributed by atoms with van der Waals surface area (Å²) < 4.78 is 35.7. The molecular formula is C17H20N6O7S. The summed E-state index contributed by atoms with van der Waals surface area (Å²) in [4.78, 5) is 11.8. The molecule has 1 saturated heterocycles. The van der Waals surface area contributed by atoms with Crippen LogP contribution in [0.4, 0.5) is 5.82 Å². The van der Waals surface area contributed by atoms with Crippen molar-refractivity contribution in [2.24, 2.45) is 0 Å². The average molecular weight is 452 g/mol. The smallest absolute Gasteiger partial charge is 0.295 e. The second-order valence-electron chi connectivity index (χ2n) is 6.90. The number of fused-ring (bicyclic) bond motifs is 1. The Morgan fingerprint density at radius 3 is 2.65 bits per heavy atom. The second kappa shape index (κ2) is 7.67. The van der Waals surface area contributed by atoms with Crippen LogP contribution < -0.4 is 10.5 Å². The Labute approximate surface area is 175 Å². The summed E-state index contributed by atoms with van der Waals surface area (Å²) in [5.41, 5.74) is 6.01. The van der Waals surface area contributed by atoms with Crippen molar-refractivity contribution in [3.05, 3.63) is 42.5 Å². The minimum absolute atomic E-state index is 0.0368. The normalized spacial score (nSPS) is 26.5. The highest BCUT2D eigenvalue weighted by atomic mass is 32.2. The number of nitrogen functional groups attached to an aromatic ring is 1. The van der Waals surface area contributed by atoms with Gasteiger partial charge in [-0.15, -0.1) is 0 Å². The average Bonchev–Trinajstić information content (AvgIpc) is 3.29. The van der Waals surface area contributed by atoms with E-state index in [9.17, 15) is 28.8 Å². The van der Waals surface area contributed by atoms with E-state index in [1.807, 2.05) is 0 Å². The molecule has 166 valence electrons. The summed E-state index contributed by atoms with van der Waals surface area (Å²) in [6.07, 6.45) is -3.10. The number of aliphatic hydroxyl groups is 3. The molecule has 14 heteroatoms. The fourth-order valence-electron chi connectivity index (χ4n) is 3.49. The van der Waals surface area contributed by atoms with Gasteiger partial charge in [0.15, 0.2) is 11.5 Å². The van der Waals surface area contributed by atoms with E-state index >= 15 is 0 Å². The van der Waals surface area contributed by atoms with Crippen LogP contribution in [0.3, 0.4) is 0 Å². The quantitative estimate of drug-likeness (QED) is 0.240. The minimum Gasteiger partial charge on any atom is -0.508 e. The number of hydrogen-bond donors (Lipinski definition) is 6. The molecule has 0 saturated carbocycles. The van der Waals surface area contributed by atoms with Gasteiger partial charge >= 0.3 is 0 Å². The number of aliphatic hydroxyl groups excluding tert-OH is 3. The van der Waals surface area contributed by atoms with Crippen LogP contribution in [0.1, 0.15) is 5.56 Å². The summed E-state index contributed by atoms with van der Waals surface area (Å²) in [5.74, 6) is -0.181. The Morgan fingerprint density at radius 1 is 1.23 bits per heavy atom. The summed E-state index contributed by atoms with van der Waals surface area (Å²) in [6.45, 7) is -1.12. The number of para-hydroxylation sites is 1. The lowest BCUT2D eigenvalue weighted by molar-refractivity contribution is -0.0850. The Bertz CT molecular complexity index is 1220. The maximum atomic E-state index is 13.5. The molecule has 3 heterocycles. The zero-order chi connectivity index (χ0) is 22.4. The number of nitrogens with zero attached hydrogens (tertiary/aromatic N) is 4. The Kier molecular flexibility index (Phi) is 5.28. The lowest BCUT2D eigenvalue weighted by atomic mass is 10.1. The van der Waals surface area contributed by atoms with Crippen LogP contribution in [0.5, 0.6) is 5.75 Å². The number of aromatic nitrogens is 4. The molecule has 7 N–H and O–H groups in total. The number of phenols is 1. The molecule has 0 radical (unpaired) electrons. The van der Waals surface area contributed by atoms with Crippen LogP contribution >= 0.6 is 0 Å². The molecular weight excluding hydrogens is 432 g/mol. The predicted octanol–water partition coefficient (Wildman–Crippen LogP) is -2.04. The lowest BCUT2D eigenvalue weighted by Gasteiger charge is -2.32. The number of ether oxygens (including phenoxy) is 1. The molecule has 0 spiro atoms. The summed E-state index contributed by atoms with van der Waals surface area (Å²) in [7, 11) is -4.67. The van der Waals surface area contributed by atoms with Gasteiger partial charge in [0.1, 0.15) is 42.2 Å². The Morgan fingerprint density at radius 2 is 1.97 bits per heavy atom. The van der Waals surface area contributed by atoms with Crippen molar-refractivity contribution in [3.8, 4) is 5.75 Å². The minimum atomic E-state index is -4.67. The molecule has 1 aromatic carbocycles. The van der Waals surface area contributed by atoms with E-state index in [-0.39, 0.29) is 34.8 Å². The van der Waals surface area contributed by atoms with Crippen LogP contribution in [0.2, 0.25) is 0 Å². The first kappa shape index (κ1) is 21.4. The van der Waals surface area contributed by atoms with Gasteiger partial charge in [0.05, 0.1) is 6.61 Å². The second-order valence-corrected chi connectivity index (χ2v) is 8.78. The van der Waals surface area contributed by atoms with Crippen molar-refractivity contribution in [2.45, 2.75) is 29.9 Å². The number of imidazole rings is 1. The molecule has 0 bridgehead atoms. The van der Waals surface area contributed by atoms with E-state index in [4.69, 9.17) is 10.5 Å². The molecule has 3 aromatic rings. The molecule has 31 heavy (non-hydrogen) atoms. The van der Waals surface area contributed by atoms with E-state index in [0.29, 0.717) is 0 Å². The first-order valence-corrected chi connectivity index (χ1v) is 10.6. The van der Waals surface area contributed by atoms with Gasteiger partial charge in [-0.3, -0.25) is 4.57 Å². The maximum Gasteiger partial charge on any atom is 0.295 e. The number of aromatic hydroxyl groups is 1. The topological polar surface area (TPSA) is 206 Å². The highest BCUT2D eigenvalue weighted by Gasteiger charge is 2.64. The van der Waals surface area contributed by atoms with Crippen LogP contribution in [-0.2, 0) is 26.4 Å². The number of benzene rings is 1. The van der Waals surface area contributed by atoms with Gasteiger partial charge in [-0.2, -0.15) is 0 Å². The molecule has 1 fully saturated rings. The standard InChI is InChI=1S/C17H20N6O7S/c18-15-12-16(20-7-19-15)23(8-21-12)17(14(27)13(26)11(6-24)30-17)31(28,29)22-5-9-3-1-2-4-10(9)25/h1-4,7-8,11,13-14,22,24-27H,5-6H2,(H2,18,19,20)/t11-,13-,14-,17+/m1/s1. The lowest BCUT2D eigenvalue weighted by Crippen LogP contribution is -2.55. The largest absolute Gasteiger partial charge is 0.508 e. The van der Waals surface area contributed by atoms with Crippen molar-refractivity contribution in [1.82, 2.24) is 24.2 Å². The van der Waals surface area contributed by atoms with Gasteiger partial charge in [-0.1, -0.05) is 18.2 Å². The summed E-state index contributed by atoms with van der Waals surface area (Å²) in [5, 5.41) is 38.0. The first-order chi connectivity index (χ1) is 14.7. The number of phenolic OH excluding ortho intramolecular Hbond substituents is 1. The SMILES string of the molecule is Nc1ncnc2c1ncn2[C@]1(S(=O)(=O)NCc2ccccc2O)O[C@H](CO)[C@@H](O)[C@H]1O. The molecule has 0 aliphatic carbocycles. The summed E-state index contributed by atoms with van der Waals surface area (Å²) >= 11 is 0. The number of anilines is 1. The van der Waals surface area contributed by atoms with Crippen LogP contribution in [0.15, 0.2) is 36.9 Å². The molecule has 0 unspecified atom stereocenters. The van der Waals surface area contributed by atoms with Crippen molar-refractivity contribution in [2.75, 3.05) is 12.3 Å². The van der Waals surface area contributed by atoms with Crippen molar-refractivity contribution in [3.63, 3.8) is 0 Å². The molecule has 4 rings (SSSR count). The predicted molar refractivity (Wildman–Crippen MR) is 106 cm³/mol. The fourth-order valence-corrected chi connectivity index (χ4v) is 5.14. The van der Waals surface area contributed by atoms with Crippen molar-refractivity contribution in [1.29, 1.82) is 0 Å². The van der Waals surface area contributed by atoms with E-state index in [0.717, 1.165) is 17.2 Å². The number of nitrogens with two attached hydrogens (primary N) is 1. The highest BCUT2D eigenvalue weighted by Crippen LogP contribution is 2.41. The van der Waals surface area contributed by atoms with Gasteiger partial charge in [0.2, 0.25) is 0 Å². The first-order valence-electron chi connectivity index (χ1n) is 9.08. The molecule has 1 aliphatic rings. The van der Waals surface area contributed by atoms with E-state index < -0.39 is 40.0 Å². The third-order valence-electron chi connectivity index (χ3n) is 5.11. The Hall–Kier alpha value is -2.88. The molecule has 1 aliphatic heterocycles. The third kappa shape index (κ3) is 3.20. The van der Waals surface area contributed by atoms with E-state index in [1.165, 1.54) is 12.1 Å². The van der Waals surface area contributed by atoms with Crippen molar-refractivity contribution < 1.29 is 33.6 Å². The highest BCUT2D eigenvalue weighted by molar-refractivity contribution is 7.90. The third-order valence-corrected chi connectivity index (χ3v) is 6.93. The Balaban J connectivity index is 1.85. The number of sulfonamides is 1. The zero-order valence-corrected chi connectivity index (χ0v) is 16.7. The van der Waals surface area contributed by atoms with Gasteiger partial charge in [-0.05, 0) is 6.07 Å². The number of rotatable bonds is 6. The molecule has 2 aromatic heterocycles. The molecule has 0 amide bonds. The van der Waals surface area contributed by atoms with Crippen LogP contribution in [0, 0.1) is 0 Å². The van der Waals surface area contributed by atoms with Gasteiger partial charge in [-0.25, -0.2) is 28.1 Å². The summed E-state index contributed by atoms with van der Waals surface area (Å²) in [6, 6.07) is 6.06.